The van der Waals surface area contributed by atoms with E-state index < -0.39 is 0 Å². The highest BCUT2D eigenvalue weighted by atomic mass is 35.5. The monoisotopic (exact) mass is 326 g/mol. The van der Waals surface area contributed by atoms with Crippen molar-refractivity contribution in [2.24, 2.45) is 4.99 Å². The summed E-state index contributed by atoms with van der Waals surface area (Å²) >= 11 is 7.32. The van der Waals surface area contributed by atoms with Crippen LogP contribution in [-0.4, -0.2) is 31.3 Å². The van der Waals surface area contributed by atoms with E-state index >= 15 is 0 Å². The highest BCUT2D eigenvalue weighted by Gasteiger charge is 2.12. The molecule has 1 heterocycles. The van der Waals surface area contributed by atoms with Gasteiger partial charge in [0.05, 0.1) is 19.3 Å². The lowest BCUT2D eigenvalue weighted by atomic mass is 10.2. The van der Waals surface area contributed by atoms with Crippen molar-refractivity contribution in [3.05, 3.63) is 45.2 Å². The van der Waals surface area contributed by atoms with Crippen LogP contribution in [0.4, 0.5) is 0 Å². The van der Waals surface area contributed by atoms with Crippen LogP contribution >= 0.6 is 22.9 Å². The molecule has 7 heteroatoms. The molecule has 5 nitrogen and oxygen atoms in total. The quantitative estimate of drug-likeness (QED) is 0.848. The van der Waals surface area contributed by atoms with Gasteiger partial charge in [0.2, 0.25) is 0 Å². The Morgan fingerprint density at radius 1 is 1.43 bits per heavy atom. The van der Waals surface area contributed by atoms with Gasteiger partial charge in [-0.15, -0.1) is 11.3 Å². The van der Waals surface area contributed by atoms with Gasteiger partial charge in [-0.1, -0.05) is 11.6 Å². The van der Waals surface area contributed by atoms with E-state index in [0.717, 1.165) is 0 Å². The molecule has 0 radical (unpaired) electrons. The van der Waals surface area contributed by atoms with Crippen molar-refractivity contribution < 1.29 is 14.3 Å². The minimum Gasteiger partial charge on any atom is -0.496 e. The van der Waals surface area contributed by atoms with Gasteiger partial charge in [-0.25, -0.2) is 0 Å². The number of aromatic nitrogens is 1. The van der Waals surface area contributed by atoms with Gasteiger partial charge in [0.25, 0.3) is 5.91 Å². The summed E-state index contributed by atoms with van der Waals surface area (Å²) in [5.74, 6) is 0.0658. The number of thiazole rings is 1. The van der Waals surface area contributed by atoms with E-state index in [9.17, 15) is 4.79 Å². The molecule has 0 saturated heterocycles. The molecule has 0 N–H and O–H groups in total. The van der Waals surface area contributed by atoms with Crippen molar-refractivity contribution in [2.45, 2.75) is 6.54 Å². The molecule has 1 amide bonds. The Bertz CT molecular complexity index is 694. The number of methoxy groups -OCH3 is 2. The highest BCUT2D eigenvalue weighted by Crippen LogP contribution is 2.23. The summed E-state index contributed by atoms with van der Waals surface area (Å²) in [6.07, 6.45) is 1.87. The van der Waals surface area contributed by atoms with Gasteiger partial charge in [0.1, 0.15) is 5.75 Å². The van der Waals surface area contributed by atoms with Crippen LogP contribution in [0.1, 0.15) is 10.4 Å². The summed E-state index contributed by atoms with van der Waals surface area (Å²) in [7, 11) is 3.13. The van der Waals surface area contributed by atoms with Crippen LogP contribution in [0.2, 0.25) is 5.02 Å². The Morgan fingerprint density at radius 3 is 2.95 bits per heavy atom. The third-order valence-electron chi connectivity index (χ3n) is 2.79. The third-order valence-corrected chi connectivity index (χ3v) is 3.81. The van der Waals surface area contributed by atoms with E-state index in [1.165, 1.54) is 18.4 Å². The summed E-state index contributed by atoms with van der Waals surface area (Å²) < 4.78 is 12.1. The fraction of sp³-hybridized carbons (Fsp3) is 0.286. The van der Waals surface area contributed by atoms with Crippen molar-refractivity contribution >= 4 is 28.8 Å². The summed E-state index contributed by atoms with van der Waals surface area (Å²) in [4.78, 5) is 17.1. The van der Waals surface area contributed by atoms with Crippen LogP contribution in [-0.2, 0) is 11.3 Å². The summed E-state index contributed by atoms with van der Waals surface area (Å²) in [5.41, 5.74) is 0.344. The summed E-state index contributed by atoms with van der Waals surface area (Å²) in [5, 5.41) is 2.34. The number of carbonyl (C=O) groups is 1. The maximum absolute atomic E-state index is 12.3. The first-order valence-corrected chi connectivity index (χ1v) is 7.47. The van der Waals surface area contributed by atoms with Crippen LogP contribution in [0, 0.1) is 0 Å². The molecule has 0 aliphatic rings. The van der Waals surface area contributed by atoms with Crippen LogP contribution in [0.3, 0.4) is 0 Å². The maximum atomic E-state index is 12.3. The molecule has 0 aliphatic carbocycles. The van der Waals surface area contributed by atoms with Crippen molar-refractivity contribution in [1.82, 2.24) is 4.57 Å². The summed E-state index contributed by atoms with van der Waals surface area (Å²) in [6, 6.07) is 4.87. The second kappa shape index (κ2) is 7.40. The zero-order valence-corrected chi connectivity index (χ0v) is 13.3. The van der Waals surface area contributed by atoms with Gasteiger partial charge in [0.15, 0.2) is 4.80 Å². The van der Waals surface area contributed by atoms with Crippen molar-refractivity contribution in [2.75, 3.05) is 20.8 Å². The smallest absolute Gasteiger partial charge is 0.283 e. The first kappa shape index (κ1) is 15.8. The Morgan fingerprint density at radius 2 is 2.24 bits per heavy atom. The molecule has 0 saturated carbocycles. The molecule has 1 aromatic heterocycles. The van der Waals surface area contributed by atoms with Crippen LogP contribution < -0.4 is 9.54 Å². The van der Waals surface area contributed by atoms with Crippen LogP contribution in [0.15, 0.2) is 34.8 Å². The number of carbonyl (C=O) groups excluding carboxylic acids is 1. The molecule has 1 aromatic carbocycles. The molecular formula is C14H15ClN2O3S. The molecule has 0 fully saturated rings. The number of amides is 1. The number of hydrogen-bond donors (Lipinski definition) is 0. The zero-order valence-electron chi connectivity index (χ0n) is 11.7. The number of rotatable bonds is 5. The van der Waals surface area contributed by atoms with E-state index in [1.807, 2.05) is 16.1 Å². The van der Waals surface area contributed by atoms with Crippen LogP contribution in [0.25, 0.3) is 0 Å². The Labute approximate surface area is 131 Å². The molecular weight excluding hydrogens is 312 g/mol. The van der Waals surface area contributed by atoms with Gasteiger partial charge in [0, 0.05) is 30.3 Å². The third kappa shape index (κ3) is 3.93. The number of benzene rings is 1. The van der Waals surface area contributed by atoms with Gasteiger partial charge in [-0.05, 0) is 18.2 Å². The molecule has 0 aliphatic heterocycles. The fourth-order valence-electron chi connectivity index (χ4n) is 1.74. The van der Waals surface area contributed by atoms with Crippen molar-refractivity contribution in [3.63, 3.8) is 0 Å². The van der Waals surface area contributed by atoms with Crippen molar-refractivity contribution in [1.29, 1.82) is 0 Å². The molecule has 0 unspecified atom stereocenters. The molecule has 2 rings (SSSR count). The van der Waals surface area contributed by atoms with Crippen LogP contribution in [0.5, 0.6) is 5.75 Å². The zero-order chi connectivity index (χ0) is 15.2. The fourth-order valence-corrected chi connectivity index (χ4v) is 2.67. The van der Waals surface area contributed by atoms with E-state index in [0.29, 0.717) is 34.3 Å². The lowest BCUT2D eigenvalue weighted by molar-refractivity contribution is 0.0994. The van der Waals surface area contributed by atoms with E-state index in [2.05, 4.69) is 4.99 Å². The lowest BCUT2D eigenvalue weighted by Crippen LogP contribution is -2.18. The number of ether oxygens (including phenoxy) is 2. The average Bonchev–Trinajstić information content (AvgIpc) is 2.92. The van der Waals surface area contributed by atoms with Gasteiger partial charge in [-0.2, -0.15) is 4.99 Å². The SMILES string of the molecule is COCCn1ccsc1=NC(=O)c1cc(Cl)ccc1OC. The maximum Gasteiger partial charge on any atom is 0.283 e. The molecule has 112 valence electrons. The topological polar surface area (TPSA) is 52.8 Å². The summed E-state index contributed by atoms with van der Waals surface area (Å²) in [6.45, 7) is 1.19. The predicted molar refractivity (Wildman–Crippen MR) is 82.1 cm³/mol. The second-order valence-electron chi connectivity index (χ2n) is 4.13. The van der Waals surface area contributed by atoms with Gasteiger partial charge >= 0.3 is 0 Å². The predicted octanol–water partition coefficient (Wildman–Crippen LogP) is 2.60. The van der Waals surface area contributed by atoms with Crippen molar-refractivity contribution in [3.8, 4) is 5.75 Å². The molecule has 0 atom stereocenters. The lowest BCUT2D eigenvalue weighted by Gasteiger charge is -2.05. The average molecular weight is 327 g/mol. The highest BCUT2D eigenvalue weighted by molar-refractivity contribution is 7.07. The number of nitrogens with zero attached hydrogens (tertiary/aromatic N) is 2. The Balaban J connectivity index is 2.35. The number of halogens is 1. The molecule has 0 spiro atoms. The Hall–Kier alpha value is -1.63. The van der Waals surface area contributed by atoms with Gasteiger partial charge < -0.3 is 14.0 Å². The molecule has 2 aromatic rings. The molecule has 21 heavy (non-hydrogen) atoms. The van der Waals surface area contributed by atoms with E-state index in [1.54, 1.807) is 25.3 Å². The Kier molecular flexibility index (Phi) is 5.55. The largest absolute Gasteiger partial charge is 0.496 e. The van der Waals surface area contributed by atoms with E-state index in [-0.39, 0.29) is 5.91 Å². The van der Waals surface area contributed by atoms with E-state index in [4.69, 9.17) is 21.1 Å². The first-order valence-electron chi connectivity index (χ1n) is 6.21. The molecule has 0 bridgehead atoms. The standard InChI is InChI=1S/C14H15ClN2O3S/c1-19-7-5-17-6-8-21-14(17)16-13(18)11-9-10(15)3-4-12(11)20-2/h3-4,6,8-9H,5,7H2,1-2H3. The number of hydrogen-bond acceptors (Lipinski definition) is 4. The van der Waals surface area contributed by atoms with Gasteiger partial charge in [-0.3, -0.25) is 4.79 Å². The minimum absolute atomic E-state index is 0.344. The minimum atomic E-state index is -0.386. The first-order chi connectivity index (χ1) is 10.2. The normalized spacial score (nSPS) is 11.7. The second-order valence-corrected chi connectivity index (χ2v) is 5.44.